The van der Waals surface area contributed by atoms with Crippen LogP contribution in [0.2, 0.25) is 0 Å². The molecule has 7 heteroatoms. The Labute approximate surface area is 206 Å². The zero-order valence-electron chi connectivity index (χ0n) is 19.9. The number of para-hydroxylation sites is 3. The average molecular weight is 473 g/mol. The van der Waals surface area contributed by atoms with E-state index in [1.165, 1.54) is 0 Å². The summed E-state index contributed by atoms with van der Waals surface area (Å²) < 4.78 is 5.93. The summed E-state index contributed by atoms with van der Waals surface area (Å²) in [6.07, 6.45) is 0.400. The summed E-state index contributed by atoms with van der Waals surface area (Å²) >= 11 is 0. The highest BCUT2D eigenvalue weighted by molar-refractivity contribution is 5.92. The molecule has 182 valence electrons. The van der Waals surface area contributed by atoms with E-state index >= 15 is 0 Å². The van der Waals surface area contributed by atoms with E-state index in [0.29, 0.717) is 37.5 Å². The maximum absolute atomic E-state index is 12.6. The normalized spacial score (nSPS) is 14.3. The first-order valence-corrected chi connectivity index (χ1v) is 12.0. The lowest BCUT2D eigenvalue weighted by Crippen LogP contribution is -2.49. The second-order valence-electron chi connectivity index (χ2n) is 8.59. The van der Waals surface area contributed by atoms with Crippen LogP contribution in [0.3, 0.4) is 0 Å². The van der Waals surface area contributed by atoms with Gasteiger partial charge in [-0.05, 0) is 29.8 Å². The monoisotopic (exact) mass is 472 g/mol. The van der Waals surface area contributed by atoms with Gasteiger partial charge >= 0.3 is 0 Å². The van der Waals surface area contributed by atoms with Crippen molar-refractivity contribution in [1.29, 1.82) is 0 Å². The quantitative estimate of drug-likeness (QED) is 0.470. The third kappa shape index (κ3) is 7.95. The molecule has 1 saturated heterocycles. The van der Waals surface area contributed by atoms with Crippen molar-refractivity contribution in [2.75, 3.05) is 44.6 Å². The van der Waals surface area contributed by atoms with Gasteiger partial charge in [-0.15, -0.1) is 0 Å². The lowest BCUT2D eigenvalue weighted by Gasteiger charge is -2.34. The molecule has 0 atom stereocenters. The molecule has 3 aromatic carbocycles. The van der Waals surface area contributed by atoms with Crippen molar-refractivity contribution in [2.24, 2.45) is 0 Å². The Morgan fingerprint density at radius 1 is 0.743 bits per heavy atom. The van der Waals surface area contributed by atoms with Crippen LogP contribution in [0.15, 0.2) is 84.9 Å². The Bertz CT molecular complexity index is 1080. The highest BCUT2D eigenvalue weighted by Crippen LogP contribution is 2.29. The van der Waals surface area contributed by atoms with Crippen molar-refractivity contribution in [3.05, 3.63) is 90.5 Å². The summed E-state index contributed by atoms with van der Waals surface area (Å²) in [5, 5.41) is 5.96. The number of rotatable bonds is 10. The molecule has 1 aliphatic rings. The maximum atomic E-state index is 12.6. The predicted octanol–water partition coefficient (Wildman–Crippen LogP) is 3.74. The number of hydrogen-bond donors (Lipinski definition) is 2. The van der Waals surface area contributed by atoms with Gasteiger partial charge in [0.1, 0.15) is 5.75 Å². The lowest BCUT2D eigenvalue weighted by atomic mass is 10.2. The van der Waals surface area contributed by atoms with E-state index < -0.39 is 0 Å². The van der Waals surface area contributed by atoms with E-state index in [-0.39, 0.29) is 11.8 Å². The fourth-order valence-corrected chi connectivity index (χ4v) is 3.97. The average Bonchev–Trinajstić information content (AvgIpc) is 2.89. The lowest BCUT2D eigenvalue weighted by molar-refractivity contribution is -0.122. The molecule has 3 aromatic rings. The molecule has 0 radical (unpaired) electrons. The number of carbonyl (C=O) groups is 2. The summed E-state index contributed by atoms with van der Waals surface area (Å²) in [5.41, 5.74) is 1.76. The molecule has 35 heavy (non-hydrogen) atoms. The topological polar surface area (TPSA) is 73.9 Å². The molecule has 0 unspecified atom stereocenters. The molecule has 0 bridgehead atoms. The Kier molecular flexibility index (Phi) is 8.86. The molecule has 0 aromatic heterocycles. The number of carbonyl (C=O) groups excluding carboxylic acids is 2. The smallest absolute Gasteiger partial charge is 0.234 e. The van der Waals surface area contributed by atoms with Crippen LogP contribution in [-0.4, -0.2) is 60.9 Å². The molecule has 2 amide bonds. The molecule has 0 aliphatic carbocycles. The van der Waals surface area contributed by atoms with Gasteiger partial charge in [-0.2, -0.15) is 0 Å². The van der Waals surface area contributed by atoms with Gasteiger partial charge in [-0.25, -0.2) is 0 Å². The second kappa shape index (κ2) is 12.7. The van der Waals surface area contributed by atoms with Gasteiger partial charge in [0.05, 0.1) is 12.2 Å². The van der Waals surface area contributed by atoms with Crippen molar-refractivity contribution < 1.29 is 14.3 Å². The number of ether oxygens (including phenoxy) is 1. The third-order valence-electron chi connectivity index (χ3n) is 5.95. The zero-order valence-corrected chi connectivity index (χ0v) is 19.9. The molecule has 1 heterocycles. The van der Waals surface area contributed by atoms with Gasteiger partial charge < -0.3 is 20.3 Å². The van der Waals surface area contributed by atoms with E-state index in [2.05, 4.69) is 20.4 Å². The molecular weight excluding hydrogens is 440 g/mol. The summed E-state index contributed by atoms with van der Waals surface area (Å²) in [6, 6.07) is 26.9. The van der Waals surface area contributed by atoms with Gasteiger partial charge in [0.25, 0.3) is 0 Å². The summed E-state index contributed by atoms with van der Waals surface area (Å²) in [7, 11) is 0. The van der Waals surface area contributed by atoms with Gasteiger partial charge in [-0.3, -0.25) is 14.5 Å². The first-order chi connectivity index (χ1) is 17.2. The molecule has 2 N–H and O–H groups in total. The largest absolute Gasteiger partial charge is 0.455 e. The number of piperazine rings is 1. The molecule has 7 nitrogen and oxygen atoms in total. The fourth-order valence-electron chi connectivity index (χ4n) is 3.97. The highest BCUT2D eigenvalue weighted by atomic mass is 16.5. The Hall–Kier alpha value is -3.68. The van der Waals surface area contributed by atoms with Crippen LogP contribution in [0.25, 0.3) is 0 Å². The molecule has 4 rings (SSSR count). The van der Waals surface area contributed by atoms with Crippen LogP contribution in [0.1, 0.15) is 12.0 Å². The summed E-state index contributed by atoms with van der Waals surface area (Å²) in [5.74, 6) is 1.34. The number of amides is 2. The molecular formula is C28H32N4O3. The second-order valence-corrected chi connectivity index (χ2v) is 8.59. The zero-order chi connectivity index (χ0) is 24.3. The fraction of sp³-hybridized carbons (Fsp3) is 0.286. The molecule has 0 spiro atoms. The number of hydrogen-bond acceptors (Lipinski definition) is 5. The van der Waals surface area contributed by atoms with Crippen LogP contribution < -0.4 is 15.4 Å². The van der Waals surface area contributed by atoms with Gasteiger partial charge in [0.2, 0.25) is 11.8 Å². The number of nitrogens with one attached hydrogen (secondary N) is 2. The number of benzene rings is 3. The van der Waals surface area contributed by atoms with Crippen molar-refractivity contribution in [3.8, 4) is 11.5 Å². The minimum absolute atomic E-state index is 0.0399. The van der Waals surface area contributed by atoms with E-state index in [4.69, 9.17) is 4.74 Å². The summed E-state index contributed by atoms with van der Waals surface area (Å²) in [4.78, 5) is 29.3. The maximum Gasteiger partial charge on any atom is 0.234 e. The molecule has 1 fully saturated rings. The SMILES string of the molecule is O=C(CN1CCN(CCC(=O)Nc2ccccc2Oc2ccccc2)CC1)NCc1ccccc1. The first kappa shape index (κ1) is 24.4. The Morgan fingerprint density at radius 3 is 2.11 bits per heavy atom. The van der Waals surface area contributed by atoms with Gasteiger partial charge in [0.15, 0.2) is 5.75 Å². The standard InChI is InChI=1S/C28H32N4O3/c33-27(30-25-13-7-8-14-26(25)35-24-11-5-2-6-12-24)15-16-31-17-19-32(20-18-31)22-28(34)29-21-23-9-3-1-4-10-23/h1-14H,15-22H2,(H,29,34)(H,30,33). The number of anilines is 1. The molecule has 1 aliphatic heterocycles. The van der Waals surface area contributed by atoms with Crippen LogP contribution in [-0.2, 0) is 16.1 Å². The first-order valence-electron chi connectivity index (χ1n) is 12.0. The van der Waals surface area contributed by atoms with Crippen molar-refractivity contribution in [2.45, 2.75) is 13.0 Å². The van der Waals surface area contributed by atoms with Crippen molar-refractivity contribution >= 4 is 17.5 Å². The third-order valence-corrected chi connectivity index (χ3v) is 5.95. The minimum Gasteiger partial charge on any atom is -0.455 e. The van der Waals surface area contributed by atoms with E-state index in [1.807, 2.05) is 84.9 Å². The van der Waals surface area contributed by atoms with E-state index in [0.717, 1.165) is 37.5 Å². The van der Waals surface area contributed by atoms with Crippen LogP contribution in [0, 0.1) is 0 Å². The van der Waals surface area contributed by atoms with Gasteiger partial charge in [-0.1, -0.05) is 60.7 Å². The Morgan fingerprint density at radius 2 is 1.37 bits per heavy atom. The van der Waals surface area contributed by atoms with Gasteiger partial charge in [0, 0.05) is 45.7 Å². The Balaban J connectivity index is 1.16. The highest BCUT2D eigenvalue weighted by Gasteiger charge is 2.19. The number of nitrogens with zero attached hydrogens (tertiary/aromatic N) is 2. The van der Waals surface area contributed by atoms with Crippen LogP contribution in [0.5, 0.6) is 11.5 Å². The minimum atomic E-state index is -0.0446. The van der Waals surface area contributed by atoms with E-state index in [1.54, 1.807) is 0 Å². The van der Waals surface area contributed by atoms with Crippen LogP contribution in [0.4, 0.5) is 5.69 Å². The predicted molar refractivity (Wildman–Crippen MR) is 137 cm³/mol. The van der Waals surface area contributed by atoms with Crippen LogP contribution >= 0.6 is 0 Å². The van der Waals surface area contributed by atoms with E-state index in [9.17, 15) is 9.59 Å². The molecule has 0 saturated carbocycles. The van der Waals surface area contributed by atoms with Crippen molar-refractivity contribution in [3.63, 3.8) is 0 Å². The summed E-state index contributed by atoms with van der Waals surface area (Å²) in [6.45, 7) is 4.94. The van der Waals surface area contributed by atoms with Crippen molar-refractivity contribution in [1.82, 2.24) is 15.1 Å².